The molecule has 0 fully saturated rings. The first-order chi connectivity index (χ1) is 7.94. The van der Waals surface area contributed by atoms with Gasteiger partial charge in [0.2, 0.25) is 10.0 Å². The Hall–Kier alpha value is -0.780. The standard InChI is InChI=1S/C11H16ClNO3S/c1-9(6-12)8-17(15,16)13-7-10-4-2-3-5-11(10)14/h2-5,9,13-14H,6-8H2,1H3. The van der Waals surface area contributed by atoms with Gasteiger partial charge >= 0.3 is 0 Å². The molecule has 1 aromatic carbocycles. The normalized spacial score (nSPS) is 13.5. The number of phenolic OH excluding ortho intramolecular Hbond substituents is 1. The van der Waals surface area contributed by atoms with Gasteiger partial charge in [-0.25, -0.2) is 13.1 Å². The first-order valence-corrected chi connectivity index (χ1v) is 7.43. The van der Waals surface area contributed by atoms with Gasteiger partial charge in [-0.3, -0.25) is 0 Å². The lowest BCUT2D eigenvalue weighted by atomic mass is 10.2. The number of nitrogens with one attached hydrogen (secondary N) is 1. The van der Waals surface area contributed by atoms with Crippen LogP contribution in [0.5, 0.6) is 5.75 Å². The molecule has 0 saturated heterocycles. The number of hydrogen-bond donors (Lipinski definition) is 2. The molecule has 96 valence electrons. The second-order valence-electron chi connectivity index (χ2n) is 3.99. The Balaban J connectivity index is 2.59. The zero-order valence-corrected chi connectivity index (χ0v) is 11.1. The monoisotopic (exact) mass is 277 g/mol. The van der Waals surface area contributed by atoms with Gasteiger partial charge in [-0.05, 0) is 12.0 Å². The largest absolute Gasteiger partial charge is 0.508 e. The van der Waals surface area contributed by atoms with E-state index in [1.165, 1.54) is 6.07 Å². The van der Waals surface area contributed by atoms with Crippen molar-refractivity contribution >= 4 is 21.6 Å². The molecule has 1 atom stereocenters. The quantitative estimate of drug-likeness (QED) is 0.778. The molecule has 17 heavy (non-hydrogen) atoms. The Morgan fingerprint density at radius 3 is 2.65 bits per heavy atom. The van der Waals surface area contributed by atoms with E-state index >= 15 is 0 Å². The molecule has 1 unspecified atom stereocenters. The van der Waals surface area contributed by atoms with E-state index in [2.05, 4.69) is 4.72 Å². The fraction of sp³-hybridized carbons (Fsp3) is 0.455. The molecule has 0 saturated carbocycles. The predicted molar refractivity (Wildman–Crippen MR) is 68.6 cm³/mol. The molecule has 0 amide bonds. The van der Waals surface area contributed by atoms with E-state index in [1.807, 2.05) is 0 Å². The van der Waals surface area contributed by atoms with Gasteiger partial charge in [0.1, 0.15) is 5.75 Å². The van der Waals surface area contributed by atoms with Gasteiger partial charge in [0.15, 0.2) is 0 Å². The van der Waals surface area contributed by atoms with Crippen LogP contribution in [-0.2, 0) is 16.6 Å². The maximum atomic E-state index is 11.6. The molecular formula is C11H16ClNO3S. The maximum absolute atomic E-state index is 11.6. The second-order valence-corrected chi connectivity index (χ2v) is 6.15. The highest BCUT2D eigenvalue weighted by Crippen LogP contribution is 2.15. The Morgan fingerprint density at radius 1 is 1.41 bits per heavy atom. The SMILES string of the molecule is CC(CCl)CS(=O)(=O)NCc1ccccc1O. The molecule has 4 nitrogen and oxygen atoms in total. The third-order valence-corrected chi connectivity index (χ3v) is 4.36. The fourth-order valence-electron chi connectivity index (χ4n) is 1.33. The van der Waals surface area contributed by atoms with Gasteiger partial charge in [0.05, 0.1) is 5.75 Å². The zero-order valence-electron chi connectivity index (χ0n) is 9.56. The summed E-state index contributed by atoms with van der Waals surface area (Å²) in [6.45, 7) is 1.86. The molecule has 1 aromatic rings. The van der Waals surface area contributed by atoms with Crippen LogP contribution in [0, 0.1) is 5.92 Å². The molecule has 0 aliphatic carbocycles. The number of alkyl halides is 1. The minimum absolute atomic E-state index is 0.00983. The minimum Gasteiger partial charge on any atom is -0.508 e. The first-order valence-electron chi connectivity index (χ1n) is 5.25. The van der Waals surface area contributed by atoms with E-state index in [0.29, 0.717) is 11.4 Å². The Bertz CT molecular complexity index is 462. The van der Waals surface area contributed by atoms with Crippen LogP contribution in [0.2, 0.25) is 0 Å². The van der Waals surface area contributed by atoms with Crippen molar-refractivity contribution in [2.75, 3.05) is 11.6 Å². The summed E-state index contributed by atoms with van der Waals surface area (Å²) in [5, 5.41) is 9.48. The number of halogens is 1. The number of rotatable bonds is 6. The molecule has 6 heteroatoms. The average Bonchev–Trinajstić information content (AvgIpc) is 2.27. The van der Waals surface area contributed by atoms with Crippen molar-refractivity contribution in [2.45, 2.75) is 13.5 Å². The first kappa shape index (κ1) is 14.3. The third kappa shape index (κ3) is 4.93. The van der Waals surface area contributed by atoms with Gasteiger partial charge < -0.3 is 5.11 Å². The van der Waals surface area contributed by atoms with Gasteiger partial charge in [-0.2, -0.15) is 0 Å². The van der Waals surface area contributed by atoms with Crippen LogP contribution in [-0.4, -0.2) is 25.2 Å². The molecule has 0 aliphatic heterocycles. The topological polar surface area (TPSA) is 66.4 Å². The smallest absolute Gasteiger partial charge is 0.212 e. The Morgan fingerprint density at radius 2 is 2.06 bits per heavy atom. The van der Waals surface area contributed by atoms with Crippen molar-refractivity contribution in [3.8, 4) is 5.75 Å². The van der Waals surface area contributed by atoms with Crippen molar-refractivity contribution in [3.63, 3.8) is 0 Å². The van der Waals surface area contributed by atoms with Crippen molar-refractivity contribution < 1.29 is 13.5 Å². The van der Waals surface area contributed by atoms with E-state index in [-0.39, 0.29) is 24.0 Å². The van der Waals surface area contributed by atoms with E-state index in [0.717, 1.165) is 0 Å². The summed E-state index contributed by atoms with van der Waals surface area (Å²) in [6.07, 6.45) is 0. The van der Waals surface area contributed by atoms with Crippen molar-refractivity contribution in [1.82, 2.24) is 4.72 Å². The lowest BCUT2D eigenvalue weighted by Crippen LogP contribution is -2.29. The van der Waals surface area contributed by atoms with Crippen LogP contribution in [0.25, 0.3) is 0 Å². The molecule has 0 aliphatic rings. The van der Waals surface area contributed by atoms with Crippen LogP contribution in [0.3, 0.4) is 0 Å². The van der Waals surface area contributed by atoms with Crippen molar-refractivity contribution in [1.29, 1.82) is 0 Å². The summed E-state index contributed by atoms with van der Waals surface area (Å²) in [5.41, 5.74) is 0.551. The van der Waals surface area contributed by atoms with E-state index in [1.54, 1.807) is 25.1 Å². The maximum Gasteiger partial charge on any atom is 0.212 e. The third-order valence-electron chi connectivity index (χ3n) is 2.24. The predicted octanol–water partition coefficient (Wildman–Crippen LogP) is 1.69. The molecule has 0 spiro atoms. The summed E-state index contributed by atoms with van der Waals surface area (Å²) in [7, 11) is -3.35. The van der Waals surface area contributed by atoms with Crippen molar-refractivity contribution in [2.24, 2.45) is 5.92 Å². The molecule has 1 rings (SSSR count). The lowest BCUT2D eigenvalue weighted by Gasteiger charge is -2.10. The van der Waals surface area contributed by atoms with Crippen LogP contribution >= 0.6 is 11.6 Å². The minimum atomic E-state index is -3.35. The van der Waals surface area contributed by atoms with Gasteiger partial charge in [-0.1, -0.05) is 25.1 Å². The van der Waals surface area contributed by atoms with Crippen LogP contribution < -0.4 is 4.72 Å². The summed E-state index contributed by atoms with van der Waals surface area (Å²) in [5.74, 6) is 0.279. The molecular weight excluding hydrogens is 262 g/mol. The lowest BCUT2D eigenvalue weighted by molar-refractivity contribution is 0.467. The van der Waals surface area contributed by atoms with Crippen molar-refractivity contribution in [3.05, 3.63) is 29.8 Å². The molecule has 0 aromatic heterocycles. The van der Waals surface area contributed by atoms with Crippen LogP contribution in [0.15, 0.2) is 24.3 Å². The highest BCUT2D eigenvalue weighted by molar-refractivity contribution is 7.89. The Kier molecular flexibility index (Phi) is 5.24. The highest BCUT2D eigenvalue weighted by Gasteiger charge is 2.15. The number of phenols is 1. The average molecular weight is 278 g/mol. The summed E-state index contributed by atoms with van der Waals surface area (Å²) in [4.78, 5) is 0. The van der Waals surface area contributed by atoms with Crippen LogP contribution in [0.4, 0.5) is 0 Å². The molecule has 0 bridgehead atoms. The molecule has 2 N–H and O–H groups in total. The number of para-hydroxylation sites is 1. The van der Waals surface area contributed by atoms with E-state index < -0.39 is 10.0 Å². The number of benzene rings is 1. The molecule has 0 heterocycles. The van der Waals surface area contributed by atoms with Gasteiger partial charge in [-0.15, -0.1) is 11.6 Å². The van der Waals surface area contributed by atoms with Gasteiger partial charge in [0, 0.05) is 18.0 Å². The van der Waals surface area contributed by atoms with Gasteiger partial charge in [0.25, 0.3) is 0 Å². The fourth-order valence-corrected chi connectivity index (χ4v) is 2.92. The number of aromatic hydroxyl groups is 1. The number of hydrogen-bond acceptors (Lipinski definition) is 3. The highest BCUT2D eigenvalue weighted by atomic mass is 35.5. The molecule has 0 radical (unpaired) electrons. The zero-order chi connectivity index (χ0) is 12.9. The second kappa shape index (κ2) is 6.23. The van der Waals surface area contributed by atoms with E-state index in [4.69, 9.17) is 11.6 Å². The van der Waals surface area contributed by atoms with E-state index in [9.17, 15) is 13.5 Å². The van der Waals surface area contributed by atoms with Crippen LogP contribution in [0.1, 0.15) is 12.5 Å². The number of sulfonamides is 1. The summed E-state index contributed by atoms with van der Waals surface area (Å²) >= 11 is 5.57. The summed E-state index contributed by atoms with van der Waals surface area (Å²) < 4.78 is 25.7. The Labute approximate surface area is 107 Å². The summed E-state index contributed by atoms with van der Waals surface area (Å²) in [6, 6.07) is 6.61.